The van der Waals surface area contributed by atoms with Gasteiger partial charge in [-0.2, -0.15) is 0 Å². The summed E-state index contributed by atoms with van der Waals surface area (Å²) in [7, 11) is 1.58. The minimum atomic E-state index is 0.402. The van der Waals surface area contributed by atoms with E-state index in [1.807, 2.05) is 19.9 Å². The molecule has 0 saturated heterocycles. The van der Waals surface area contributed by atoms with E-state index in [0.29, 0.717) is 29.2 Å². The molecule has 0 aliphatic heterocycles. The lowest BCUT2D eigenvalue weighted by Crippen LogP contribution is -1.89. The topological polar surface area (TPSA) is 44.5 Å². The molecule has 2 rings (SSSR count). The van der Waals surface area contributed by atoms with Crippen LogP contribution in [0, 0.1) is 6.92 Å². The van der Waals surface area contributed by atoms with E-state index in [9.17, 15) is 0 Å². The predicted molar refractivity (Wildman–Crippen MR) is 69.4 cm³/mol. The van der Waals surface area contributed by atoms with E-state index in [1.54, 1.807) is 19.4 Å². The van der Waals surface area contributed by atoms with Crippen LogP contribution in [-0.2, 0) is 0 Å². The molecule has 0 aliphatic rings. The van der Waals surface area contributed by atoms with Crippen molar-refractivity contribution in [2.45, 2.75) is 13.8 Å². The van der Waals surface area contributed by atoms with E-state index in [2.05, 4.69) is 4.98 Å². The maximum absolute atomic E-state index is 6.09. The Bertz CT molecular complexity index is 551. The minimum absolute atomic E-state index is 0.402. The van der Waals surface area contributed by atoms with Gasteiger partial charge < -0.3 is 13.9 Å². The summed E-state index contributed by atoms with van der Waals surface area (Å²) >= 11 is 6.09. The maximum atomic E-state index is 6.09. The summed E-state index contributed by atoms with van der Waals surface area (Å²) in [6, 6.07) is 3.62. The Hall–Kier alpha value is -1.68. The number of hydrogen-bond donors (Lipinski definition) is 0. The average Bonchev–Trinajstić information content (AvgIpc) is 2.80. The number of rotatable bonds is 4. The van der Waals surface area contributed by atoms with Crippen LogP contribution >= 0.6 is 11.6 Å². The lowest BCUT2D eigenvalue weighted by atomic mass is 10.1. The fraction of sp³-hybridized carbons (Fsp3) is 0.308. The second-order valence-corrected chi connectivity index (χ2v) is 4.13. The normalized spacial score (nSPS) is 10.4. The van der Waals surface area contributed by atoms with Crippen LogP contribution in [0.2, 0.25) is 5.02 Å². The van der Waals surface area contributed by atoms with Crippen molar-refractivity contribution >= 4 is 11.6 Å². The number of methoxy groups -OCH3 is 1. The van der Waals surface area contributed by atoms with Crippen molar-refractivity contribution in [3.05, 3.63) is 28.9 Å². The molecule has 4 nitrogen and oxygen atoms in total. The predicted octanol–water partition coefficient (Wildman–Crippen LogP) is 3.71. The molecule has 2 aromatic rings. The largest absolute Gasteiger partial charge is 0.495 e. The van der Waals surface area contributed by atoms with Crippen molar-refractivity contribution in [3.8, 4) is 23.1 Å². The van der Waals surface area contributed by atoms with E-state index in [4.69, 9.17) is 25.5 Å². The van der Waals surface area contributed by atoms with Gasteiger partial charge in [0.1, 0.15) is 11.9 Å². The Morgan fingerprint density at radius 1 is 1.39 bits per heavy atom. The Morgan fingerprint density at radius 3 is 2.83 bits per heavy atom. The summed E-state index contributed by atoms with van der Waals surface area (Å²) in [6.45, 7) is 4.37. The number of aromatic nitrogens is 1. The van der Waals surface area contributed by atoms with Gasteiger partial charge in [0.25, 0.3) is 0 Å². The summed E-state index contributed by atoms with van der Waals surface area (Å²) in [6.07, 6.45) is 1.55. The SMILES string of the molecule is CCOc1cnc(-c2cc(Cl)c(OC)cc2C)o1. The van der Waals surface area contributed by atoms with E-state index >= 15 is 0 Å². The van der Waals surface area contributed by atoms with Crippen LogP contribution in [0.1, 0.15) is 12.5 Å². The van der Waals surface area contributed by atoms with Gasteiger partial charge in [0.05, 0.1) is 18.7 Å². The van der Waals surface area contributed by atoms with Crippen LogP contribution in [-0.4, -0.2) is 18.7 Å². The first-order chi connectivity index (χ1) is 8.65. The van der Waals surface area contributed by atoms with Crippen LogP contribution in [0.25, 0.3) is 11.5 Å². The van der Waals surface area contributed by atoms with Crippen molar-refractivity contribution in [1.29, 1.82) is 0 Å². The van der Waals surface area contributed by atoms with E-state index in [0.717, 1.165) is 11.1 Å². The van der Waals surface area contributed by atoms with Gasteiger partial charge in [-0.25, -0.2) is 4.98 Å². The van der Waals surface area contributed by atoms with Crippen LogP contribution < -0.4 is 9.47 Å². The second kappa shape index (κ2) is 5.31. The standard InChI is InChI=1S/C13H14ClNO3/c1-4-17-12-7-15-13(18-12)9-6-10(14)11(16-3)5-8(9)2/h5-7H,4H2,1-3H3. The third kappa shape index (κ3) is 2.43. The number of halogens is 1. The number of nitrogens with zero attached hydrogens (tertiary/aromatic N) is 1. The zero-order valence-electron chi connectivity index (χ0n) is 10.5. The molecule has 1 aromatic heterocycles. The average molecular weight is 268 g/mol. The highest BCUT2D eigenvalue weighted by atomic mass is 35.5. The minimum Gasteiger partial charge on any atom is -0.495 e. The molecule has 0 amide bonds. The molecule has 0 atom stereocenters. The number of oxazole rings is 1. The highest BCUT2D eigenvalue weighted by molar-refractivity contribution is 6.32. The lowest BCUT2D eigenvalue weighted by Gasteiger charge is -2.07. The lowest BCUT2D eigenvalue weighted by molar-refractivity contribution is 0.260. The highest BCUT2D eigenvalue weighted by Gasteiger charge is 2.13. The molecule has 0 N–H and O–H groups in total. The van der Waals surface area contributed by atoms with Crippen LogP contribution in [0.3, 0.4) is 0 Å². The number of benzene rings is 1. The Labute approximate surface area is 110 Å². The molecule has 0 spiro atoms. The van der Waals surface area contributed by atoms with E-state index in [-0.39, 0.29) is 0 Å². The second-order valence-electron chi connectivity index (χ2n) is 3.72. The molecule has 0 radical (unpaired) electrons. The molecule has 0 aliphatic carbocycles. The van der Waals surface area contributed by atoms with Gasteiger partial charge >= 0.3 is 5.95 Å². The molecule has 0 bridgehead atoms. The van der Waals surface area contributed by atoms with Gasteiger partial charge in [-0.05, 0) is 31.5 Å². The van der Waals surface area contributed by atoms with Gasteiger partial charge in [-0.15, -0.1) is 0 Å². The van der Waals surface area contributed by atoms with E-state index < -0.39 is 0 Å². The Kier molecular flexibility index (Phi) is 3.77. The Morgan fingerprint density at radius 2 is 2.17 bits per heavy atom. The quantitative estimate of drug-likeness (QED) is 0.847. The highest BCUT2D eigenvalue weighted by Crippen LogP contribution is 2.34. The number of ether oxygens (including phenoxy) is 2. The number of aryl methyl sites for hydroxylation is 1. The summed E-state index contributed by atoms with van der Waals surface area (Å²) in [4.78, 5) is 4.17. The fourth-order valence-corrected chi connectivity index (χ4v) is 1.88. The molecule has 1 aromatic carbocycles. The summed E-state index contributed by atoms with van der Waals surface area (Å²) in [5, 5.41) is 0.522. The molecule has 1 heterocycles. The van der Waals surface area contributed by atoms with Crippen molar-refractivity contribution in [2.24, 2.45) is 0 Å². The fourth-order valence-electron chi connectivity index (χ4n) is 1.63. The van der Waals surface area contributed by atoms with Crippen LogP contribution in [0.5, 0.6) is 11.7 Å². The zero-order valence-corrected chi connectivity index (χ0v) is 11.2. The third-order valence-corrected chi connectivity index (χ3v) is 2.80. The first-order valence-corrected chi connectivity index (χ1v) is 5.96. The number of hydrogen-bond acceptors (Lipinski definition) is 4. The van der Waals surface area contributed by atoms with Crippen molar-refractivity contribution in [1.82, 2.24) is 4.98 Å². The van der Waals surface area contributed by atoms with Crippen LogP contribution in [0.15, 0.2) is 22.7 Å². The molecular formula is C13H14ClNO3. The summed E-state index contributed by atoms with van der Waals surface area (Å²) in [5.74, 6) is 1.52. The molecule has 18 heavy (non-hydrogen) atoms. The first-order valence-electron chi connectivity index (χ1n) is 5.58. The molecule has 96 valence electrons. The third-order valence-electron chi connectivity index (χ3n) is 2.50. The Balaban J connectivity index is 2.40. The molecule has 0 saturated carbocycles. The van der Waals surface area contributed by atoms with Crippen LogP contribution in [0.4, 0.5) is 0 Å². The van der Waals surface area contributed by atoms with Gasteiger partial charge in [-0.1, -0.05) is 11.6 Å². The van der Waals surface area contributed by atoms with Gasteiger partial charge in [0, 0.05) is 5.56 Å². The molecule has 0 unspecified atom stereocenters. The monoisotopic (exact) mass is 267 g/mol. The van der Waals surface area contributed by atoms with Gasteiger partial charge in [0.15, 0.2) is 0 Å². The molecule has 5 heteroatoms. The summed E-state index contributed by atoms with van der Waals surface area (Å²) < 4.78 is 15.9. The van der Waals surface area contributed by atoms with Crippen molar-refractivity contribution < 1.29 is 13.9 Å². The molecular weight excluding hydrogens is 254 g/mol. The zero-order chi connectivity index (χ0) is 13.1. The van der Waals surface area contributed by atoms with Crippen molar-refractivity contribution in [2.75, 3.05) is 13.7 Å². The smallest absolute Gasteiger partial charge is 0.305 e. The van der Waals surface area contributed by atoms with E-state index in [1.165, 1.54) is 0 Å². The van der Waals surface area contributed by atoms with Gasteiger partial charge in [-0.3, -0.25) is 0 Å². The maximum Gasteiger partial charge on any atom is 0.305 e. The summed E-state index contributed by atoms with van der Waals surface area (Å²) in [5.41, 5.74) is 1.80. The first kappa shape index (κ1) is 12.8. The van der Waals surface area contributed by atoms with Crippen molar-refractivity contribution in [3.63, 3.8) is 0 Å². The molecule has 0 fully saturated rings. The van der Waals surface area contributed by atoms with Gasteiger partial charge in [0.2, 0.25) is 5.89 Å².